The van der Waals surface area contributed by atoms with Crippen molar-refractivity contribution in [2.24, 2.45) is 23.7 Å². The van der Waals surface area contributed by atoms with Gasteiger partial charge in [-0.15, -0.1) is 0 Å². The molecule has 5 aromatic rings. The number of H-pyrrole nitrogens is 2. The fourth-order valence-corrected chi connectivity index (χ4v) is 10.8. The molecule has 0 spiro atoms. The monoisotopic (exact) mass is 843 g/mol. The number of methoxy groups -OCH3 is 2. The van der Waals surface area contributed by atoms with Gasteiger partial charge in [0.2, 0.25) is 11.8 Å². The maximum atomic E-state index is 14.1. The van der Waals surface area contributed by atoms with Crippen LogP contribution in [0.25, 0.3) is 44.7 Å². The molecule has 2 saturated carbocycles. The smallest absolute Gasteiger partial charge is 0.407 e. The molecule has 3 amide bonds. The van der Waals surface area contributed by atoms with E-state index in [-0.39, 0.29) is 23.7 Å². The molecule has 62 heavy (non-hydrogen) atoms. The van der Waals surface area contributed by atoms with Gasteiger partial charge in [-0.25, -0.2) is 19.7 Å². The van der Waals surface area contributed by atoms with Crippen molar-refractivity contribution >= 4 is 29.0 Å². The van der Waals surface area contributed by atoms with Crippen LogP contribution in [-0.2, 0) is 30.1 Å². The van der Waals surface area contributed by atoms with Crippen molar-refractivity contribution in [1.29, 1.82) is 0 Å². The molecule has 4 fully saturated rings. The van der Waals surface area contributed by atoms with E-state index in [0.29, 0.717) is 42.3 Å². The summed E-state index contributed by atoms with van der Waals surface area (Å²) in [7, 11) is 2.85. The van der Waals surface area contributed by atoms with Gasteiger partial charge in [-0.3, -0.25) is 9.59 Å². The molecule has 4 aliphatic rings. The summed E-state index contributed by atoms with van der Waals surface area (Å²) >= 11 is 0. The van der Waals surface area contributed by atoms with Crippen molar-refractivity contribution in [1.82, 2.24) is 45.4 Å². The van der Waals surface area contributed by atoms with Crippen LogP contribution in [0.5, 0.6) is 0 Å². The summed E-state index contributed by atoms with van der Waals surface area (Å²) in [4.78, 5) is 66.3. The summed E-state index contributed by atoms with van der Waals surface area (Å²) in [5.41, 5.74) is 5.68. The number of carbonyl (C=O) groups is 3. The number of benzene rings is 2. The highest BCUT2D eigenvalue weighted by atomic mass is 16.5. The molecule has 5 heterocycles. The normalized spacial score (nSPS) is 23.7. The summed E-state index contributed by atoms with van der Waals surface area (Å²) in [6.07, 6.45) is 8.47. The van der Waals surface area contributed by atoms with Crippen LogP contribution in [0, 0.1) is 30.6 Å². The average Bonchev–Trinajstić information content (AvgIpc) is 4.13. The summed E-state index contributed by atoms with van der Waals surface area (Å²) in [6, 6.07) is 11.2. The number of aromatic nitrogens is 5. The molecule has 15 nitrogen and oxygen atoms in total. The average molecular weight is 844 g/mol. The Morgan fingerprint density at radius 1 is 0.774 bits per heavy atom. The molecule has 15 heteroatoms. The number of nitrogens with one attached hydrogen (secondary N) is 4. The lowest BCUT2D eigenvalue weighted by Crippen LogP contribution is -2.56. The number of amides is 3. The van der Waals surface area contributed by atoms with Crippen LogP contribution in [0.1, 0.15) is 83.8 Å². The van der Waals surface area contributed by atoms with E-state index >= 15 is 0 Å². The molecule has 3 aromatic heterocycles. The molecule has 0 radical (unpaired) electrons. The first kappa shape index (κ1) is 41.2. The fourth-order valence-electron chi connectivity index (χ4n) is 10.8. The first-order valence-electron chi connectivity index (χ1n) is 21.8. The number of ether oxygens (including phenoxy) is 2. The number of nitrogens with zero attached hydrogens (tertiary/aromatic N) is 5. The third-order valence-corrected chi connectivity index (χ3v) is 14.0. The van der Waals surface area contributed by atoms with Gasteiger partial charge >= 0.3 is 6.09 Å². The molecule has 0 unspecified atom stereocenters. The number of piperidine rings is 2. The van der Waals surface area contributed by atoms with Gasteiger partial charge in [-0.2, -0.15) is 0 Å². The Morgan fingerprint density at radius 3 is 1.85 bits per heavy atom. The molecular weight excluding hydrogens is 787 g/mol. The van der Waals surface area contributed by atoms with E-state index < -0.39 is 29.3 Å². The molecule has 2 saturated heterocycles. The number of alkyl carbamates (subject to hydrolysis) is 1. The summed E-state index contributed by atoms with van der Waals surface area (Å²) in [5.74, 6) is 3.11. The molecule has 2 aliphatic heterocycles. The number of likely N-dealkylation sites (tertiary alicyclic amines) is 2. The van der Waals surface area contributed by atoms with Crippen LogP contribution >= 0.6 is 0 Å². The number of aromatic amines is 2. The van der Waals surface area contributed by atoms with Crippen molar-refractivity contribution in [2.75, 3.05) is 27.3 Å². The Kier molecular flexibility index (Phi) is 10.4. The Hall–Kier alpha value is -6.12. The summed E-state index contributed by atoms with van der Waals surface area (Å²) in [6.45, 7) is 15.0. The molecular formula is C47H57N9O6. The Bertz CT molecular complexity index is 2540. The number of aryl methyl sites for hydroxylation is 1. The topological polar surface area (TPSA) is 184 Å². The standard InChI is InChI=1S/C47H57N9O6/c1-25(2)37(50-27(5)60-7)41(57)55-23-29-15-17-46(55,19-29)43-48-21-35(52-43)32-11-9-31(10-12-32)33-13-14-34(40-39(33)51-28(6)62-40)36-22-49-44(53-36)47-18-16-30(20-47)24-56(47)42(58)38(26(3)4)54-45(59)61-8/h9-14,21-22,25-26,29-30,37-38,50H,5,15-20,23-24H2,1-4,6-8H3,(H,48,52)(H,49,53)(H,54,59)/t29-,30-,37-,38-,46-,47-/m0/s1. The van der Waals surface area contributed by atoms with Crippen molar-refractivity contribution in [2.45, 2.75) is 96.3 Å². The second-order valence-corrected chi connectivity index (χ2v) is 18.5. The van der Waals surface area contributed by atoms with Gasteiger partial charge in [0.05, 0.1) is 38.0 Å². The molecule has 2 aliphatic carbocycles. The minimum Gasteiger partial charge on any atom is -0.483 e. The summed E-state index contributed by atoms with van der Waals surface area (Å²) < 4.78 is 16.4. The zero-order valence-corrected chi connectivity index (χ0v) is 36.6. The molecule has 9 rings (SSSR count). The van der Waals surface area contributed by atoms with E-state index in [9.17, 15) is 14.4 Å². The predicted molar refractivity (Wildman–Crippen MR) is 233 cm³/mol. The number of hydrogen-bond acceptors (Lipinski definition) is 10. The van der Waals surface area contributed by atoms with Crippen molar-refractivity contribution in [3.8, 4) is 33.6 Å². The van der Waals surface area contributed by atoms with E-state index in [4.69, 9.17) is 28.8 Å². The second kappa shape index (κ2) is 15.7. The van der Waals surface area contributed by atoms with Crippen LogP contribution in [0.15, 0.2) is 65.7 Å². The highest BCUT2D eigenvalue weighted by Gasteiger charge is 2.58. The fraction of sp³-hybridized carbons (Fsp3) is 0.489. The highest BCUT2D eigenvalue weighted by Crippen LogP contribution is 2.54. The first-order chi connectivity index (χ1) is 29.7. The maximum absolute atomic E-state index is 14.1. The zero-order valence-electron chi connectivity index (χ0n) is 36.6. The van der Waals surface area contributed by atoms with E-state index in [1.54, 1.807) is 7.11 Å². The van der Waals surface area contributed by atoms with Gasteiger partial charge in [0.1, 0.15) is 40.3 Å². The number of hydrogen-bond donors (Lipinski definition) is 4. The Balaban J connectivity index is 0.965. The molecule has 4 bridgehead atoms. The Labute approximate surface area is 361 Å². The number of oxazole rings is 1. The van der Waals surface area contributed by atoms with Gasteiger partial charge in [-0.1, -0.05) is 58.0 Å². The number of rotatable bonds is 13. The van der Waals surface area contributed by atoms with Crippen LogP contribution in [0.4, 0.5) is 4.79 Å². The van der Waals surface area contributed by atoms with Crippen LogP contribution < -0.4 is 10.6 Å². The van der Waals surface area contributed by atoms with Crippen LogP contribution in [0.3, 0.4) is 0 Å². The maximum Gasteiger partial charge on any atom is 0.407 e. The van der Waals surface area contributed by atoms with Crippen LogP contribution in [0.2, 0.25) is 0 Å². The largest absolute Gasteiger partial charge is 0.483 e. The van der Waals surface area contributed by atoms with Crippen LogP contribution in [-0.4, -0.2) is 92.0 Å². The molecule has 326 valence electrons. The van der Waals surface area contributed by atoms with Gasteiger partial charge in [0, 0.05) is 31.1 Å². The van der Waals surface area contributed by atoms with E-state index in [0.717, 1.165) is 89.3 Å². The Morgan fingerprint density at radius 2 is 1.31 bits per heavy atom. The van der Waals surface area contributed by atoms with Crippen molar-refractivity contribution in [3.63, 3.8) is 0 Å². The van der Waals surface area contributed by atoms with Gasteiger partial charge < -0.3 is 44.3 Å². The third kappa shape index (κ3) is 6.80. The van der Waals surface area contributed by atoms with Crippen molar-refractivity contribution < 1.29 is 28.3 Å². The predicted octanol–water partition coefficient (Wildman–Crippen LogP) is 7.37. The summed E-state index contributed by atoms with van der Waals surface area (Å²) in [5, 5.41) is 5.96. The molecule has 4 N–H and O–H groups in total. The lowest BCUT2D eigenvalue weighted by atomic mass is 9.93. The first-order valence-corrected chi connectivity index (χ1v) is 21.8. The van der Waals surface area contributed by atoms with Crippen molar-refractivity contribution in [3.05, 3.63) is 78.8 Å². The lowest BCUT2D eigenvalue weighted by molar-refractivity contribution is -0.141. The third-order valence-electron chi connectivity index (χ3n) is 14.0. The SMILES string of the molecule is C=C(N[C@H](C(=O)N1C[C@H]2CC[C@@]1(c1ncc(-c3ccc(-c4ccc(-c5cnc([C@@]67CC[C@H](CN6C(=O)[C@@H](NC(=O)OC)C(C)C)C7)[nH]5)c5oc(C)nc45)cc3)[nH]1)C2)C(C)C)OC. The number of imidazole rings is 2. The van der Waals surface area contributed by atoms with E-state index in [1.165, 1.54) is 7.11 Å². The van der Waals surface area contributed by atoms with E-state index in [1.807, 2.05) is 62.9 Å². The number of carbonyl (C=O) groups excluding carboxylic acids is 3. The second-order valence-electron chi connectivity index (χ2n) is 18.5. The minimum absolute atomic E-state index is 0.0393. The molecule has 6 atom stereocenters. The highest BCUT2D eigenvalue weighted by molar-refractivity contribution is 5.99. The van der Waals surface area contributed by atoms with Gasteiger partial charge in [-0.05, 0) is 86.0 Å². The quantitative estimate of drug-likeness (QED) is 0.0874. The van der Waals surface area contributed by atoms with E-state index in [2.05, 4.69) is 57.5 Å². The zero-order chi connectivity index (χ0) is 43.7. The van der Waals surface area contributed by atoms with Gasteiger partial charge in [0.15, 0.2) is 17.4 Å². The van der Waals surface area contributed by atoms with Gasteiger partial charge in [0.25, 0.3) is 0 Å². The lowest BCUT2D eigenvalue weighted by Gasteiger charge is -2.40. The molecule has 2 aromatic carbocycles. The minimum atomic E-state index is -0.716. The number of fused-ring (bicyclic) bond motifs is 5.